The van der Waals surface area contributed by atoms with Gasteiger partial charge < -0.3 is 5.32 Å². The van der Waals surface area contributed by atoms with Crippen molar-refractivity contribution in [1.29, 1.82) is 0 Å². The quantitative estimate of drug-likeness (QED) is 0.757. The fraction of sp³-hybridized carbons (Fsp3) is 0.875. The predicted octanol–water partition coefficient (Wildman–Crippen LogP) is 3.20. The number of allylic oxidation sites excluding steroid dienone is 1. The Morgan fingerprint density at radius 3 is 2.50 bits per heavy atom. The van der Waals surface area contributed by atoms with Gasteiger partial charge in [-0.15, -0.1) is 0 Å². The summed E-state index contributed by atoms with van der Waals surface area (Å²) >= 11 is 0. The van der Waals surface area contributed by atoms with Crippen LogP contribution in [-0.2, 0) is 0 Å². The molecule has 0 radical (unpaired) electrons. The van der Waals surface area contributed by atoms with Crippen LogP contribution in [0.3, 0.4) is 0 Å². The van der Waals surface area contributed by atoms with E-state index >= 15 is 0 Å². The largest absolute Gasteiger partial charge is 0.310 e. The van der Waals surface area contributed by atoms with Crippen molar-refractivity contribution in [3.63, 3.8) is 0 Å². The second kappa shape index (κ2) is 5.34. The minimum Gasteiger partial charge on any atom is -0.310 e. The summed E-state index contributed by atoms with van der Waals surface area (Å²) in [6, 6.07) is 0.619. The Morgan fingerprint density at radius 2 is 1.94 bits per heavy atom. The molecule has 0 bridgehead atoms. The zero-order chi connectivity index (χ0) is 13.2. The lowest BCUT2D eigenvalue weighted by Crippen LogP contribution is -2.66. The molecule has 1 aliphatic carbocycles. The Kier molecular flexibility index (Phi) is 4.18. The first-order valence-electron chi connectivity index (χ1n) is 7.57. The second-order valence-electron chi connectivity index (χ2n) is 7.20. The summed E-state index contributed by atoms with van der Waals surface area (Å²) in [4.78, 5) is 2.76. The van der Waals surface area contributed by atoms with Gasteiger partial charge >= 0.3 is 0 Å². The smallest absolute Gasteiger partial charge is 0.0338 e. The molecule has 2 rings (SSSR count). The van der Waals surface area contributed by atoms with Crippen LogP contribution < -0.4 is 5.32 Å². The lowest BCUT2D eigenvalue weighted by atomic mass is 9.81. The summed E-state index contributed by atoms with van der Waals surface area (Å²) in [5.74, 6) is 0. The second-order valence-corrected chi connectivity index (χ2v) is 7.20. The predicted molar refractivity (Wildman–Crippen MR) is 78.8 cm³/mol. The molecule has 1 unspecified atom stereocenters. The highest BCUT2D eigenvalue weighted by atomic mass is 15.3. The number of hydrogen-bond acceptors (Lipinski definition) is 2. The fourth-order valence-corrected chi connectivity index (χ4v) is 3.51. The van der Waals surface area contributed by atoms with Gasteiger partial charge in [0, 0.05) is 31.2 Å². The van der Waals surface area contributed by atoms with Gasteiger partial charge in [0.1, 0.15) is 0 Å². The van der Waals surface area contributed by atoms with Crippen molar-refractivity contribution in [2.24, 2.45) is 5.41 Å². The van der Waals surface area contributed by atoms with Crippen molar-refractivity contribution >= 4 is 0 Å². The van der Waals surface area contributed by atoms with Crippen LogP contribution in [0.5, 0.6) is 0 Å². The highest BCUT2D eigenvalue weighted by Gasteiger charge is 2.44. The van der Waals surface area contributed by atoms with Crippen molar-refractivity contribution in [1.82, 2.24) is 10.2 Å². The Labute approximate surface area is 113 Å². The summed E-state index contributed by atoms with van der Waals surface area (Å²) < 4.78 is 0. The molecule has 18 heavy (non-hydrogen) atoms. The van der Waals surface area contributed by atoms with E-state index in [1.807, 2.05) is 0 Å². The van der Waals surface area contributed by atoms with Crippen LogP contribution >= 0.6 is 0 Å². The van der Waals surface area contributed by atoms with E-state index in [9.17, 15) is 0 Å². The SMILES string of the molecule is C/C=C/CN1CC(C(C)(C)C)NCC12CCCC2. The van der Waals surface area contributed by atoms with Gasteiger partial charge in [-0.3, -0.25) is 4.90 Å². The van der Waals surface area contributed by atoms with Crippen LogP contribution in [0.2, 0.25) is 0 Å². The highest BCUT2D eigenvalue weighted by molar-refractivity contribution is 5.05. The minimum atomic E-state index is 0.356. The van der Waals surface area contributed by atoms with Gasteiger partial charge in [-0.2, -0.15) is 0 Å². The molecular weight excluding hydrogens is 220 g/mol. The van der Waals surface area contributed by atoms with Crippen LogP contribution in [0.1, 0.15) is 53.4 Å². The van der Waals surface area contributed by atoms with E-state index in [0.29, 0.717) is 17.0 Å². The zero-order valence-electron chi connectivity index (χ0n) is 12.6. The molecule has 1 aliphatic heterocycles. The molecule has 0 aromatic carbocycles. The molecule has 1 saturated carbocycles. The fourth-order valence-electron chi connectivity index (χ4n) is 3.51. The first-order chi connectivity index (χ1) is 8.48. The topological polar surface area (TPSA) is 15.3 Å². The molecule has 0 aromatic rings. The summed E-state index contributed by atoms with van der Waals surface area (Å²) in [6.07, 6.45) is 10.1. The molecule has 2 heteroatoms. The third kappa shape index (κ3) is 2.80. The van der Waals surface area contributed by atoms with E-state index in [2.05, 4.69) is 50.1 Å². The first-order valence-corrected chi connectivity index (χ1v) is 7.57. The average Bonchev–Trinajstić information content (AvgIpc) is 2.76. The van der Waals surface area contributed by atoms with Gasteiger partial charge in [0.15, 0.2) is 0 Å². The van der Waals surface area contributed by atoms with Crippen molar-refractivity contribution < 1.29 is 0 Å². The van der Waals surface area contributed by atoms with Gasteiger partial charge in [0.2, 0.25) is 0 Å². The molecular formula is C16H30N2. The van der Waals surface area contributed by atoms with E-state index < -0.39 is 0 Å². The maximum Gasteiger partial charge on any atom is 0.0338 e. The van der Waals surface area contributed by atoms with Crippen LogP contribution in [0.25, 0.3) is 0 Å². The van der Waals surface area contributed by atoms with E-state index in [-0.39, 0.29) is 0 Å². The van der Waals surface area contributed by atoms with E-state index in [1.54, 1.807) is 0 Å². The third-order valence-electron chi connectivity index (χ3n) is 4.89. The van der Waals surface area contributed by atoms with Gasteiger partial charge in [0.25, 0.3) is 0 Å². The van der Waals surface area contributed by atoms with Gasteiger partial charge in [-0.25, -0.2) is 0 Å². The minimum absolute atomic E-state index is 0.356. The lowest BCUT2D eigenvalue weighted by molar-refractivity contribution is 0.0264. The summed E-state index contributed by atoms with van der Waals surface area (Å²) in [5, 5.41) is 3.83. The number of piperazine rings is 1. The van der Waals surface area contributed by atoms with Gasteiger partial charge in [-0.05, 0) is 25.2 Å². The molecule has 0 amide bonds. The van der Waals surface area contributed by atoms with Crippen LogP contribution in [-0.4, -0.2) is 36.1 Å². The summed E-state index contributed by atoms with van der Waals surface area (Å²) in [6.45, 7) is 12.7. The summed E-state index contributed by atoms with van der Waals surface area (Å²) in [7, 11) is 0. The van der Waals surface area contributed by atoms with Crippen LogP contribution in [0.4, 0.5) is 0 Å². The molecule has 2 nitrogen and oxygen atoms in total. The zero-order valence-corrected chi connectivity index (χ0v) is 12.6. The van der Waals surface area contributed by atoms with Gasteiger partial charge in [0.05, 0.1) is 0 Å². The van der Waals surface area contributed by atoms with Crippen molar-refractivity contribution in [2.75, 3.05) is 19.6 Å². The highest BCUT2D eigenvalue weighted by Crippen LogP contribution is 2.38. The summed E-state index contributed by atoms with van der Waals surface area (Å²) in [5.41, 5.74) is 0.815. The molecule has 1 N–H and O–H groups in total. The molecule has 1 saturated heterocycles. The van der Waals surface area contributed by atoms with Crippen LogP contribution in [0, 0.1) is 5.41 Å². The molecule has 2 fully saturated rings. The Morgan fingerprint density at radius 1 is 1.28 bits per heavy atom. The van der Waals surface area contributed by atoms with Gasteiger partial charge in [-0.1, -0.05) is 45.8 Å². The number of hydrogen-bond donors (Lipinski definition) is 1. The molecule has 1 heterocycles. The Bertz CT molecular complexity index is 295. The number of nitrogens with zero attached hydrogens (tertiary/aromatic N) is 1. The third-order valence-corrected chi connectivity index (χ3v) is 4.89. The molecule has 104 valence electrons. The first kappa shape index (κ1) is 14.1. The standard InChI is InChI=1S/C16H30N2/c1-5-6-11-18-12-14(15(2,3)4)17-13-16(18)9-7-8-10-16/h5-6,14,17H,7-13H2,1-4H3/b6-5+. The van der Waals surface area contributed by atoms with E-state index in [1.165, 1.54) is 38.8 Å². The Balaban J connectivity index is 2.10. The lowest BCUT2D eigenvalue weighted by Gasteiger charge is -2.51. The molecule has 0 aromatic heterocycles. The monoisotopic (exact) mass is 250 g/mol. The number of nitrogens with one attached hydrogen (secondary N) is 1. The number of rotatable bonds is 2. The maximum atomic E-state index is 3.83. The Hall–Kier alpha value is -0.340. The van der Waals surface area contributed by atoms with Crippen molar-refractivity contribution in [3.05, 3.63) is 12.2 Å². The average molecular weight is 250 g/mol. The van der Waals surface area contributed by atoms with Crippen molar-refractivity contribution in [3.8, 4) is 0 Å². The van der Waals surface area contributed by atoms with E-state index in [0.717, 1.165) is 6.54 Å². The normalized spacial score (nSPS) is 29.4. The van der Waals surface area contributed by atoms with Crippen LogP contribution in [0.15, 0.2) is 12.2 Å². The molecule has 2 aliphatic rings. The maximum absolute atomic E-state index is 3.83. The molecule has 1 spiro atoms. The van der Waals surface area contributed by atoms with E-state index in [4.69, 9.17) is 0 Å². The molecule has 1 atom stereocenters. The van der Waals surface area contributed by atoms with Crippen molar-refractivity contribution in [2.45, 2.75) is 65.0 Å².